The lowest BCUT2D eigenvalue weighted by Crippen LogP contribution is -2.55. The number of nitrogens with zero attached hydrogens (tertiary/aromatic N) is 2. The molecule has 0 spiro atoms. The van der Waals surface area contributed by atoms with Gasteiger partial charge in [-0.3, -0.25) is 14.4 Å². The third-order valence-corrected chi connectivity index (χ3v) is 7.75. The summed E-state index contributed by atoms with van der Waals surface area (Å²) in [5.41, 5.74) is -0.0548. The molecule has 1 heterocycles. The number of hydrogen-bond donors (Lipinski definition) is 1. The van der Waals surface area contributed by atoms with Crippen LogP contribution in [0.5, 0.6) is 0 Å². The van der Waals surface area contributed by atoms with E-state index in [1.165, 1.54) is 23.4 Å². The molecule has 0 bridgehead atoms. The molecule has 1 aliphatic rings. The number of amides is 3. The highest BCUT2D eigenvalue weighted by atomic mass is 32.2. The summed E-state index contributed by atoms with van der Waals surface area (Å²) in [7, 11) is -4.05. The summed E-state index contributed by atoms with van der Waals surface area (Å²) >= 11 is 0. The summed E-state index contributed by atoms with van der Waals surface area (Å²) in [6.45, 7) is 6.71. The Hall–Kier alpha value is -3.04. The zero-order valence-corrected chi connectivity index (χ0v) is 19.3. The average molecular weight is 458 g/mol. The van der Waals surface area contributed by atoms with Gasteiger partial charge < -0.3 is 5.32 Å². The summed E-state index contributed by atoms with van der Waals surface area (Å²) in [6, 6.07) is 13.0. The van der Waals surface area contributed by atoms with E-state index in [1.807, 2.05) is 6.92 Å². The zero-order chi connectivity index (χ0) is 23.7. The molecule has 3 amide bonds. The minimum atomic E-state index is -4.05. The molecular formula is C23H27N3O5S. The van der Waals surface area contributed by atoms with E-state index in [1.54, 1.807) is 56.3 Å². The van der Waals surface area contributed by atoms with Crippen LogP contribution < -0.4 is 10.2 Å². The van der Waals surface area contributed by atoms with Crippen molar-refractivity contribution in [2.24, 2.45) is 0 Å². The number of sulfonamides is 1. The molecule has 1 aliphatic heterocycles. The monoisotopic (exact) mass is 457 g/mol. The molecule has 2 aromatic rings. The molecule has 2 aromatic carbocycles. The highest BCUT2D eigenvalue weighted by molar-refractivity contribution is 7.89. The summed E-state index contributed by atoms with van der Waals surface area (Å²) in [4.78, 5) is 38.5. The highest BCUT2D eigenvalue weighted by Gasteiger charge is 2.51. The molecule has 1 saturated heterocycles. The Morgan fingerprint density at radius 2 is 1.69 bits per heavy atom. The smallest absolute Gasteiger partial charge is 0.252 e. The Kier molecular flexibility index (Phi) is 6.52. The molecule has 9 heteroatoms. The van der Waals surface area contributed by atoms with Crippen LogP contribution in [0.15, 0.2) is 59.5 Å². The van der Waals surface area contributed by atoms with Gasteiger partial charge in [0, 0.05) is 18.2 Å². The highest BCUT2D eigenvalue weighted by Crippen LogP contribution is 2.35. The molecule has 0 aliphatic carbocycles. The summed E-state index contributed by atoms with van der Waals surface area (Å²) in [6.07, 6.45) is 0.199. The first-order valence-electron chi connectivity index (χ1n) is 10.3. The standard InChI is InChI=1S/C23H27N3O5S/c1-5-23(3,4)26(32(30,31)19-9-7-6-8-10-19)20-15-21(28)25(22(20)29)18-13-11-17(12-14-18)24-16(2)27/h6-14,20H,5,15H2,1-4H3,(H,24,27). The van der Waals surface area contributed by atoms with Crippen LogP contribution in [0.2, 0.25) is 0 Å². The van der Waals surface area contributed by atoms with Gasteiger partial charge in [0.05, 0.1) is 17.0 Å². The first-order valence-corrected chi connectivity index (χ1v) is 11.8. The van der Waals surface area contributed by atoms with Gasteiger partial charge in [-0.25, -0.2) is 13.3 Å². The molecule has 1 unspecified atom stereocenters. The second-order valence-electron chi connectivity index (χ2n) is 8.30. The van der Waals surface area contributed by atoms with E-state index in [2.05, 4.69) is 5.32 Å². The second kappa shape index (κ2) is 8.84. The zero-order valence-electron chi connectivity index (χ0n) is 18.5. The quantitative estimate of drug-likeness (QED) is 0.643. The summed E-state index contributed by atoms with van der Waals surface area (Å²) in [5, 5.41) is 2.62. The Balaban J connectivity index is 2.00. The number of anilines is 2. The van der Waals surface area contributed by atoms with Crippen molar-refractivity contribution in [3.8, 4) is 0 Å². The van der Waals surface area contributed by atoms with Crippen molar-refractivity contribution >= 4 is 39.1 Å². The van der Waals surface area contributed by atoms with Crippen LogP contribution in [-0.2, 0) is 24.4 Å². The molecule has 0 saturated carbocycles. The maximum Gasteiger partial charge on any atom is 0.252 e. The van der Waals surface area contributed by atoms with Crippen molar-refractivity contribution in [1.82, 2.24) is 4.31 Å². The minimum absolute atomic E-state index is 0.0693. The number of benzene rings is 2. The van der Waals surface area contributed by atoms with Gasteiger partial charge in [-0.15, -0.1) is 0 Å². The molecule has 1 N–H and O–H groups in total. The van der Waals surface area contributed by atoms with Gasteiger partial charge >= 0.3 is 0 Å². The molecular weight excluding hydrogens is 430 g/mol. The fraction of sp³-hybridized carbons (Fsp3) is 0.348. The summed E-state index contributed by atoms with van der Waals surface area (Å²) in [5.74, 6) is -1.31. The van der Waals surface area contributed by atoms with Crippen molar-refractivity contribution in [3.05, 3.63) is 54.6 Å². The van der Waals surface area contributed by atoms with Crippen molar-refractivity contribution in [1.29, 1.82) is 0 Å². The number of carbonyl (C=O) groups excluding carboxylic acids is 3. The Morgan fingerprint density at radius 1 is 1.09 bits per heavy atom. The van der Waals surface area contributed by atoms with Crippen LogP contribution in [-0.4, -0.2) is 42.0 Å². The maximum atomic E-state index is 13.6. The second-order valence-corrected chi connectivity index (χ2v) is 10.1. The fourth-order valence-electron chi connectivity index (χ4n) is 3.74. The lowest BCUT2D eigenvalue weighted by atomic mass is 10.00. The first-order chi connectivity index (χ1) is 15.0. The Bertz CT molecular complexity index is 1130. The first kappa shape index (κ1) is 23.6. The van der Waals surface area contributed by atoms with E-state index >= 15 is 0 Å². The van der Waals surface area contributed by atoms with Crippen LogP contribution in [0.1, 0.15) is 40.5 Å². The number of carbonyl (C=O) groups is 3. The molecule has 8 nitrogen and oxygen atoms in total. The van der Waals surface area contributed by atoms with E-state index < -0.39 is 33.4 Å². The van der Waals surface area contributed by atoms with Crippen LogP contribution in [0.3, 0.4) is 0 Å². The van der Waals surface area contributed by atoms with Gasteiger partial charge in [0.2, 0.25) is 21.8 Å². The largest absolute Gasteiger partial charge is 0.326 e. The van der Waals surface area contributed by atoms with Gasteiger partial charge in [-0.2, -0.15) is 4.31 Å². The Labute approximate surface area is 188 Å². The molecule has 0 aromatic heterocycles. The number of hydrogen-bond acceptors (Lipinski definition) is 5. The average Bonchev–Trinajstić information content (AvgIpc) is 3.02. The third kappa shape index (κ3) is 4.44. The summed E-state index contributed by atoms with van der Waals surface area (Å²) < 4.78 is 28.3. The van der Waals surface area contributed by atoms with Crippen molar-refractivity contribution in [3.63, 3.8) is 0 Å². The molecule has 0 radical (unpaired) electrons. The van der Waals surface area contributed by atoms with E-state index in [-0.39, 0.29) is 17.2 Å². The number of rotatable bonds is 7. The van der Waals surface area contributed by atoms with Crippen LogP contribution in [0.25, 0.3) is 0 Å². The van der Waals surface area contributed by atoms with E-state index in [9.17, 15) is 22.8 Å². The molecule has 32 heavy (non-hydrogen) atoms. The normalized spacial score (nSPS) is 17.2. The van der Waals surface area contributed by atoms with Crippen LogP contribution >= 0.6 is 0 Å². The number of nitrogens with one attached hydrogen (secondary N) is 1. The van der Waals surface area contributed by atoms with Crippen molar-refractivity contribution < 1.29 is 22.8 Å². The van der Waals surface area contributed by atoms with Crippen molar-refractivity contribution in [2.75, 3.05) is 10.2 Å². The molecule has 1 fully saturated rings. The lowest BCUT2D eigenvalue weighted by Gasteiger charge is -2.39. The predicted molar refractivity (Wildman–Crippen MR) is 121 cm³/mol. The Morgan fingerprint density at radius 3 is 2.22 bits per heavy atom. The van der Waals surface area contributed by atoms with Crippen LogP contribution in [0.4, 0.5) is 11.4 Å². The van der Waals surface area contributed by atoms with Gasteiger partial charge in [-0.05, 0) is 56.7 Å². The van der Waals surface area contributed by atoms with E-state index in [0.717, 1.165) is 4.90 Å². The molecule has 3 rings (SSSR count). The maximum absolute atomic E-state index is 13.6. The minimum Gasteiger partial charge on any atom is -0.326 e. The molecule has 1 atom stereocenters. The topological polar surface area (TPSA) is 104 Å². The predicted octanol–water partition coefficient (Wildman–Crippen LogP) is 3.16. The fourth-order valence-corrected chi connectivity index (χ4v) is 5.75. The third-order valence-electron chi connectivity index (χ3n) is 5.61. The molecule has 170 valence electrons. The van der Waals surface area contributed by atoms with Crippen molar-refractivity contribution in [2.45, 2.75) is 57.0 Å². The van der Waals surface area contributed by atoms with E-state index in [0.29, 0.717) is 17.8 Å². The van der Waals surface area contributed by atoms with E-state index in [4.69, 9.17) is 0 Å². The van der Waals surface area contributed by atoms with Crippen LogP contribution in [0, 0.1) is 0 Å². The number of imide groups is 1. The SMILES string of the molecule is CCC(C)(C)N(C1CC(=O)N(c2ccc(NC(C)=O)cc2)C1=O)S(=O)(=O)c1ccccc1. The lowest BCUT2D eigenvalue weighted by molar-refractivity contribution is -0.123. The van der Waals surface area contributed by atoms with Gasteiger partial charge in [0.1, 0.15) is 6.04 Å². The van der Waals surface area contributed by atoms with Gasteiger partial charge in [-0.1, -0.05) is 25.1 Å². The van der Waals surface area contributed by atoms with Gasteiger partial charge in [0.15, 0.2) is 0 Å². The van der Waals surface area contributed by atoms with Gasteiger partial charge in [0.25, 0.3) is 5.91 Å².